The Labute approximate surface area is 126 Å². The van der Waals surface area contributed by atoms with Crippen LogP contribution in [-0.4, -0.2) is 0 Å². The Morgan fingerprint density at radius 3 is 2.80 bits per heavy atom. The molecule has 0 amide bonds. The quantitative estimate of drug-likeness (QED) is 0.662. The molecule has 0 aliphatic heterocycles. The van der Waals surface area contributed by atoms with E-state index in [1.807, 2.05) is 25.1 Å². The highest BCUT2D eigenvalue weighted by Crippen LogP contribution is 2.35. The van der Waals surface area contributed by atoms with Crippen molar-refractivity contribution < 1.29 is 4.39 Å². The minimum atomic E-state index is -0.236. The fraction of sp³-hybridized carbons (Fsp3) is 0.125. The summed E-state index contributed by atoms with van der Waals surface area (Å²) in [5.74, 6) is -0.236. The summed E-state index contributed by atoms with van der Waals surface area (Å²) in [5.41, 5.74) is 1.82. The van der Waals surface area contributed by atoms with Crippen LogP contribution in [0.4, 0.5) is 10.1 Å². The molecule has 0 unspecified atom stereocenters. The van der Waals surface area contributed by atoms with Crippen molar-refractivity contribution in [1.82, 2.24) is 0 Å². The average molecular weight is 306 g/mol. The molecule has 0 fully saturated rings. The van der Waals surface area contributed by atoms with Crippen LogP contribution in [0.3, 0.4) is 0 Å². The summed E-state index contributed by atoms with van der Waals surface area (Å²) < 4.78 is 14.4. The van der Waals surface area contributed by atoms with Crippen LogP contribution in [0.5, 0.6) is 0 Å². The van der Waals surface area contributed by atoms with Gasteiger partial charge >= 0.3 is 0 Å². The summed E-state index contributed by atoms with van der Waals surface area (Å²) in [5, 5.41) is 5.12. The van der Waals surface area contributed by atoms with Crippen molar-refractivity contribution in [2.75, 3.05) is 5.32 Å². The van der Waals surface area contributed by atoms with E-state index >= 15 is 0 Å². The van der Waals surface area contributed by atoms with E-state index in [0.29, 0.717) is 6.54 Å². The molecule has 0 spiro atoms. The van der Waals surface area contributed by atoms with Gasteiger partial charge < -0.3 is 5.32 Å². The fourth-order valence-corrected chi connectivity index (χ4v) is 3.58. The van der Waals surface area contributed by atoms with Crippen molar-refractivity contribution in [3.63, 3.8) is 0 Å². The van der Waals surface area contributed by atoms with Gasteiger partial charge in [-0.2, -0.15) is 0 Å². The number of benzene rings is 2. The standard InChI is InChI=1S/C16H13ClFNS/c1-10-6-7-11(18)8-13(10)19-9-15-16(17)12-4-2-3-5-14(12)20-15/h2-8,19H,9H2,1H3. The SMILES string of the molecule is Cc1ccc(F)cc1NCc1sc2ccccc2c1Cl. The third-order valence-corrected chi connectivity index (χ3v) is 4.96. The Morgan fingerprint density at radius 1 is 1.20 bits per heavy atom. The van der Waals surface area contributed by atoms with Gasteiger partial charge in [0, 0.05) is 20.7 Å². The fourth-order valence-electron chi connectivity index (χ4n) is 2.14. The lowest BCUT2D eigenvalue weighted by atomic mass is 10.2. The first kappa shape index (κ1) is 13.4. The van der Waals surface area contributed by atoms with E-state index in [-0.39, 0.29) is 5.82 Å². The highest BCUT2D eigenvalue weighted by Gasteiger charge is 2.10. The summed E-state index contributed by atoms with van der Waals surface area (Å²) in [4.78, 5) is 1.07. The number of thiophene rings is 1. The van der Waals surface area contributed by atoms with Gasteiger partial charge in [0.1, 0.15) is 5.82 Å². The molecule has 1 aromatic heterocycles. The molecule has 1 heterocycles. The zero-order chi connectivity index (χ0) is 14.1. The smallest absolute Gasteiger partial charge is 0.125 e. The lowest BCUT2D eigenvalue weighted by Crippen LogP contribution is -2.00. The van der Waals surface area contributed by atoms with Crippen LogP contribution in [0, 0.1) is 12.7 Å². The van der Waals surface area contributed by atoms with Gasteiger partial charge in [0.05, 0.1) is 11.6 Å². The number of nitrogens with one attached hydrogen (secondary N) is 1. The van der Waals surface area contributed by atoms with Crippen molar-refractivity contribution in [1.29, 1.82) is 0 Å². The molecule has 2 aromatic carbocycles. The predicted octanol–water partition coefficient (Wildman–Crippen LogP) is 5.61. The van der Waals surface area contributed by atoms with E-state index in [1.54, 1.807) is 17.4 Å². The highest BCUT2D eigenvalue weighted by molar-refractivity contribution is 7.19. The Morgan fingerprint density at radius 2 is 2.00 bits per heavy atom. The van der Waals surface area contributed by atoms with Crippen LogP contribution in [0.25, 0.3) is 10.1 Å². The number of halogens is 2. The second kappa shape index (κ2) is 5.43. The topological polar surface area (TPSA) is 12.0 Å². The lowest BCUT2D eigenvalue weighted by molar-refractivity contribution is 0.628. The highest BCUT2D eigenvalue weighted by atomic mass is 35.5. The van der Waals surface area contributed by atoms with Gasteiger partial charge in [0.15, 0.2) is 0 Å². The number of rotatable bonds is 3. The number of aryl methyl sites for hydroxylation is 1. The normalized spacial score (nSPS) is 10.9. The Kier molecular flexibility index (Phi) is 3.64. The molecule has 3 rings (SSSR count). The predicted molar refractivity (Wildman–Crippen MR) is 85.3 cm³/mol. The van der Waals surface area contributed by atoms with Gasteiger partial charge in [-0.15, -0.1) is 11.3 Å². The van der Waals surface area contributed by atoms with Gasteiger partial charge in [0.2, 0.25) is 0 Å². The summed E-state index contributed by atoms with van der Waals surface area (Å²) in [6.07, 6.45) is 0. The second-order valence-corrected chi connectivity index (χ2v) is 6.16. The first-order chi connectivity index (χ1) is 9.65. The minimum absolute atomic E-state index is 0.236. The van der Waals surface area contributed by atoms with Crippen molar-refractivity contribution >= 4 is 38.7 Å². The number of hydrogen-bond donors (Lipinski definition) is 1. The Bertz CT molecular complexity index is 766. The van der Waals surface area contributed by atoms with E-state index in [2.05, 4.69) is 11.4 Å². The van der Waals surface area contributed by atoms with Crippen LogP contribution in [0.15, 0.2) is 42.5 Å². The molecule has 0 aliphatic carbocycles. The van der Waals surface area contributed by atoms with E-state index in [4.69, 9.17) is 11.6 Å². The maximum Gasteiger partial charge on any atom is 0.125 e. The maximum atomic E-state index is 13.3. The van der Waals surface area contributed by atoms with E-state index in [1.165, 1.54) is 16.8 Å². The van der Waals surface area contributed by atoms with Gasteiger partial charge in [-0.3, -0.25) is 0 Å². The van der Waals surface area contributed by atoms with Crippen LogP contribution in [0.2, 0.25) is 5.02 Å². The molecule has 1 N–H and O–H groups in total. The Balaban J connectivity index is 1.87. The third-order valence-electron chi connectivity index (χ3n) is 3.24. The number of fused-ring (bicyclic) bond motifs is 1. The largest absolute Gasteiger partial charge is 0.380 e. The van der Waals surface area contributed by atoms with Crippen molar-refractivity contribution in [3.05, 3.63) is 63.7 Å². The average Bonchev–Trinajstić information content (AvgIpc) is 2.77. The Hall–Kier alpha value is -1.58. The molecule has 3 aromatic rings. The molecule has 0 saturated carbocycles. The molecule has 0 radical (unpaired) electrons. The van der Waals surface area contributed by atoms with E-state index < -0.39 is 0 Å². The molecular formula is C16H13ClFNS. The van der Waals surface area contributed by atoms with Crippen molar-refractivity contribution in [2.45, 2.75) is 13.5 Å². The van der Waals surface area contributed by atoms with Gasteiger partial charge in [-0.1, -0.05) is 35.9 Å². The van der Waals surface area contributed by atoms with E-state index in [9.17, 15) is 4.39 Å². The lowest BCUT2D eigenvalue weighted by Gasteiger charge is -2.08. The second-order valence-electron chi connectivity index (χ2n) is 4.65. The van der Waals surface area contributed by atoms with Crippen LogP contribution < -0.4 is 5.32 Å². The zero-order valence-electron chi connectivity index (χ0n) is 10.9. The summed E-state index contributed by atoms with van der Waals surface area (Å²) in [7, 11) is 0. The first-order valence-electron chi connectivity index (χ1n) is 6.31. The first-order valence-corrected chi connectivity index (χ1v) is 7.50. The van der Waals surface area contributed by atoms with Crippen LogP contribution in [-0.2, 0) is 6.54 Å². The van der Waals surface area contributed by atoms with Crippen LogP contribution in [0.1, 0.15) is 10.4 Å². The van der Waals surface area contributed by atoms with Crippen molar-refractivity contribution in [2.24, 2.45) is 0 Å². The zero-order valence-corrected chi connectivity index (χ0v) is 12.5. The molecule has 102 valence electrons. The molecule has 0 aliphatic rings. The summed E-state index contributed by atoms with van der Waals surface area (Å²) in [6.45, 7) is 2.55. The summed E-state index contributed by atoms with van der Waals surface area (Å²) >= 11 is 8.06. The molecule has 0 saturated heterocycles. The van der Waals surface area contributed by atoms with Crippen LogP contribution >= 0.6 is 22.9 Å². The third kappa shape index (κ3) is 2.51. The maximum absolute atomic E-state index is 13.3. The molecular weight excluding hydrogens is 293 g/mol. The van der Waals surface area contributed by atoms with Gasteiger partial charge in [-0.25, -0.2) is 4.39 Å². The molecule has 4 heteroatoms. The van der Waals surface area contributed by atoms with Gasteiger partial charge in [-0.05, 0) is 30.7 Å². The van der Waals surface area contributed by atoms with Crippen molar-refractivity contribution in [3.8, 4) is 0 Å². The van der Waals surface area contributed by atoms with Gasteiger partial charge in [0.25, 0.3) is 0 Å². The minimum Gasteiger partial charge on any atom is -0.380 e. The van der Waals surface area contributed by atoms with E-state index in [0.717, 1.165) is 26.5 Å². The molecule has 20 heavy (non-hydrogen) atoms. The molecule has 1 nitrogen and oxygen atoms in total. The molecule has 0 atom stereocenters. The monoisotopic (exact) mass is 305 g/mol. The number of anilines is 1. The summed E-state index contributed by atoms with van der Waals surface area (Å²) in [6, 6.07) is 12.8. The molecule has 0 bridgehead atoms. The number of hydrogen-bond acceptors (Lipinski definition) is 2.